The number of ether oxygens (including phenoxy) is 4. The third-order valence-electron chi connectivity index (χ3n) is 10.2. The van der Waals surface area contributed by atoms with Gasteiger partial charge in [-0.05, 0) is 106 Å². The molecular weight excluding hydrogens is 648 g/mol. The van der Waals surface area contributed by atoms with Gasteiger partial charge in [-0.3, -0.25) is 9.59 Å². The van der Waals surface area contributed by atoms with E-state index in [2.05, 4.69) is 10.2 Å². The molecule has 286 valence electrons. The Morgan fingerprint density at radius 2 is 1.86 bits per heavy atom. The van der Waals surface area contributed by atoms with Crippen LogP contribution in [0.5, 0.6) is 5.75 Å². The Labute approximate surface area is 297 Å². The van der Waals surface area contributed by atoms with E-state index in [1.807, 2.05) is 33.0 Å². The van der Waals surface area contributed by atoms with Crippen molar-refractivity contribution < 1.29 is 49.0 Å². The Bertz CT molecular complexity index is 1250. The van der Waals surface area contributed by atoms with Crippen molar-refractivity contribution in [2.45, 2.75) is 127 Å². The van der Waals surface area contributed by atoms with Gasteiger partial charge in [0.2, 0.25) is 0 Å². The van der Waals surface area contributed by atoms with Crippen LogP contribution in [0.2, 0.25) is 0 Å². The number of amides is 1. The first kappa shape index (κ1) is 41.9. The quantitative estimate of drug-likeness (QED) is 0.124. The molecule has 1 aromatic rings. The zero-order valence-electron chi connectivity index (χ0n) is 31.1. The van der Waals surface area contributed by atoms with E-state index in [9.17, 15) is 30.0 Å². The second-order valence-electron chi connectivity index (χ2n) is 15.0. The number of hydrogen-bond acceptors (Lipinski definition) is 13. The fourth-order valence-corrected chi connectivity index (χ4v) is 6.61. The number of aliphatic hydroxyl groups excluding tert-OH is 1. The Kier molecular flexibility index (Phi) is 15.3. The van der Waals surface area contributed by atoms with Crippen LogP contribution in [0.4, 0.5) is 5.69 Å². The van der Waals surface area contributed by atoms with Crippen LogP contribution in [-0.4, -0.2) is 144 Å². The number of benzene rings is 1. The van der Waals surface area contributed by atoms with Gasteiger partial charge in [-0.15, -0.1) is 0 Å². The summed E-state index contributed by atoms with van der Waals surface area (Å²) in [5.41, 5.74) is 3.22. The van der Waals surface area contributed by atoms with Crippen molar-refractivity contribution in [3.8, 4) is 5.75 Å². The first-order valence-corrected chi connectivity index (χ1v) is 17.8. The minimum Gasteiger partial charge on any atom is -0.507 e. The van der Waals surface area contributed by atoms with Gasteiger partial charge in [0.05, 0.1) is 29.3 Å². The number of nitrogens with zero attached hydrogens (tertiary/aromatic N) is 2. The Morgan fingerprint density at radius 3 is 2.52 bits per heavy atom. The number of aliphatic hydroxyl groups is 3. The molecule has 2 aliphatic heterocycles. The molecule has 0 bridgehead atoms. The number of carbonyl (C=O) groups is 2. The molecule has 1 aromatic carbocycles. The maximum absolute atomic E-state index is 13.0. The summed E-state index contributed by atoms with van der Waals surface area (Å²) in [6.45, 7) is 9.46. The molecule has 2 fully saturated rings. The molecule has 2 aliphatic rings. The Morgan fingerprint density at radius 1 is 1.16 bits per heavy atom. The molecule has 3 rings (SSSR count). The zero-order chi connectivity index (χ0) is 37.4. The zero-order valence-corrected chi connectivity index (χ0v) is 31.1. The van der Waals surface area contributed by atoms with E-state index in [0.717, 1.165) is 0 Å². The van der Waals surface area contributed by atoms with Crippen molar-refractivity contribution >= 4 is 17.6 Å². The van der Waals surface area contributed by atoms with Gasteiger partial charge in [-0.25, -0.2) is 0 Å². The standard InChI is InChI=1S/C36H62N4O10/c1-22-11-14-29(35(4,45)15-9-17-40(8)24(3)31(42)36(5,46)21-48-33(22)44)50-34-30(27(39(6)7)19-23(2)49-34)47-18-10-16-38-32(43)26-13-12-25(37)20-28(26)41/h12-13,20,22-24,27,29-31,34,41-42,45-46H,9-11,14-19,21,37H2,1-8H3,(H,38,43)/t22-,23-,24-,27+,29-,30-,31-,34+,35-,36-/m1/s1. The highest BCUT2D eigenvalue weighted by molar-refractivity contribution is 5.97. The number of carbonyl (C=O) groups excluding carboxylic acids is 2. The largest absolute Gasteiger partial charge is 0.507 e. The van der Waals surface area contributed by atoms with E-state index in [4.69, 9.17) is 24.7 Å². The Balaban J connectivity index is 1.75. The van der Waals surface area contributed by atoms with Crippen LogP contribution in [-0.2, 0) is 23.7 Å². The Hall–Kier alpha value is -2.56. The first-order chi connectivity index (χ1) is 23.3. The number of nitrogen functional groups attached to an aromatic ring is 1. The molecule has 7 N–H and O–H groups in total. The van der Waals surface area contributed by atoms with Gasteiger partial charge in [0.15, 0.2) is 6.29 Å². The molecule has 0 saturated carbocycles. The first-order valence-electron chi connectivity index (χ1n) is 17.8. The van der Waals surface area contributed by atoms with Gasteiger partial charge in [-0.2, -0.15) is 0 Å². The normalized spacial score (nSPS) is 35.6. The van der Waals surface area contributed by atoms with Gasteiger partial charge in [0.25, 0.3) is 5.91 Å². The average Bonchev–Trinajstić information content (AvgIpc) is 3.04. The smallest absolute Gasteiger partial charge is 0.308 e. The van der Waals surface area contributed by atoms with E-state index < -0.39 is 59.6 Å². The van der Waals surface area contributed by atoms with Crippen molar-refractivity contribution in [3.63, 3.8) is 0 Å². The van der Waals surface area contributed by atoms with Crippen LogP contribution in [0.15, 0.2) is 18.2 Å². The number of rotatable bonds is 9. The summed E-state index contributed by atoms with van der Waals surface area (Å²) in [7, 11) is 5.77. The summed E-state index contributed by atoms with van der Waals surface area (Å²) < 4.78 is 24.9. The van der Waals surface area contributed by atoms with Crippen LogP contribution in [0.25, 0.3) is 0 Å². The molecule has 0 radical (unpaired) electrons. The third kappa shape index (κ3) is 11.5. The van der Waals surface area contributed by atoms with E-state index >= 15 is 0 Å². The van der Waals surface area contributed by atoms with Crippen LogP contribution in [0.1, 0.15) is 83.5 Å². The highest BCUT2D eigenvalue weighted by Crippen LogP contribution is 2.33. The number of phenolic OH excluding ortho intramolecular Hbond substituents is 1. The second-order valence-corrected chi connectivity index (χ2v) is 15.0. The number of cyclic esters (lactones) is 1. The highest BCUT2D eigenvalue weighted by Gasteiger charge is 2.45. The lowest BCUT2D eigenvalue weighted by Crippen LogP contribution is -2.57. The number of nitrogens with two attached hydrogens (primary N) is 1. The van der Waals surface area contributed by atoms with Gasteiger partial charge in [0, 0.05) is 37.0 Å². The summed E-state index contributed by atoms with van der Waals surface area (Å²) in [6.07, 6.45) is -0.624. The lowest BCUT2D eigenvalue weighted by atomic mass is 9.88. The molecular formula is C36H62N4O10. The van der Waals surface area contributed by atoms with Gasteiger partial charge < -0.3 is 60.2 Å². The van der Waals surface area contributed by atoms with E-state index in [1.54, 1.807) is 26.8 Å². The fourth-order valence-electron chi connectivity index (χ4n) is 6.61. The highest BCUT2D eigenvalue weighted by atomic mass is 16.7. The van der Waals surface area contributed by atoms with Crippen LogP contribution >= 0.6 is 0 Å². The van der Waals surface area contributed by atoms with Crippen molar-refractivity contribution in [1.82, 2.24) is 15.1 Å². The molecule has 2 saturated heterocycles. The lowest BCUT2D eigenvalue weighted by molar-refractivity contribution is -0.296. The number of nitrogens with one attached hydrogen (secondary N) is 1. The van der Waals surface area contributed by atoms with E-state index in [1.165, 1.54) is 19.1 Å². The predicted molar refractivity (Wildman–Crippen MR) is 188 cm³/mol. The molecule has 14 nitrogen and oxygen atoms in total. The summed E-state index contributed by atoms with van der Waals surface area (Å²) in [5.74, 6) is -1.68. The predicted octanol–water partition coefficient (Wildman–Crippen LogP) is 1.87. The molecule has 10 atom stereocenters. The molecule has 50 heavy (non-hydrogen) atoms. The molecule has 0 unspecified atom stereocenters. The number of likely N-dealkylation sites (N-methyl/N-ethyl adjacent to an activating group) is 2. The number of phenols is 1. The molecule has 14 heteroatoms. The summed E-state index contributed by atoms with van der Waals surface area (Å²) >= 11 is 0. The maximum atomic E-state index is 13.0. The molecule has 0 spiro atoms. The topological polar surface area (TPSA) is 197 Å². The van der Waals surface area contributed by atoms with Crippen LogP contribution in [0.3, 0.4) is 0 Å². The molecule has 1 amide bonds. The monoisotopic (exact) mass is 710 g/mol. The van der Waals surface area contributed by atoms with Crippen molar-refractivity contribution in [3.05, 3.63) is 23.8 Å². The number of esters is 1. The summed E-state index contributed by atoms with van der Waals surface area (Å²) in [4.78, 5) is 29.5. The maximum Gasteiger partial charge on any atom is 0.308 e. The average molecular weight is 711 g/mol. The second kappa shape index (κ2) is 18.3. The minimum atomic E-state index is -1.64. The molecule has 0 aromatic heterocycles. The molecule has 2 heterocycles. The fraction of sp³-hybridized carbons (Fsp3) is 0.778. The van der Waals surface area contributed by atoms with Crippen molar-refractivity contribution in [2.24, 2.45) is 5.92 Å². The molecule has 0 aliphatic carbocycles. The third-order valence-corrected chi connectivity index (χ3v) is 10.2. The van der Waals surface area contributed by atoms with E-state index in [0.29, 0.717) is 57.3 Å². The van der Waals surface area contributed by atoms with Crippen molar-refractivity contribution in [1.29, 1.82) is 0 Å². The minimum absolute atomic E-state index is 0.0690. The summed E-state index contributed by atoms with van der Waals surface area (Å²) in [6, 6.07) is 3.84. The van der Waals surface area contributed by atoms with Crippen molar-refractivity contribution in [2.75, 3.05) is 53.2 Å². The SMILES string of the molecule is C[C@@H]1C[C@H](N(C)C)[C@@H](OCCCNC(=O)c2ccc(N)cc2O)[C@H](O[C@@H]2CC[C@@H](C)C(=O)OC[C@@](C)(O)[C@H](O)[C@@H](C)N(C)CCC[C@@]2(C)O)O1. The van der Waals surface area contributed by atoms with E-state index in [-0.39, 0.29) is 36.7 Å². The summed E-state index contributed by atoms with van der Waals surface area (Å²) in [5, 5.41) is 46.6. The lowest BCUT2D eigenvalue weighted by Gasteiger charge is -2.46. The number of anilines is 1. The number of hydrogen-bond donors (Lipinski definition) is 6. The van der Waals surface area contributed by atoms with Gasteiger partial charge in [-0.1, -0.05) is 6.92 Å². The van der Waals surface area contributed by atoms with Gasteiger partial charge >= 0.3 is 5.97 Å². The van der Waals surface area contributed by atoms with Gasteiger partial charge in [0.1, 0.15) is 30.2 Å². The number of aromatic hydroxyl groups is 1. The van der Waals surface area contributed by atoms with Crippen LogP contribution < -0.4 is 11.1 Å². The van der Waals surface area contributed by atoms with Crippen LogP contribution in [0, 0.1) is 5.92 Å².